The molecule has 1 aromatic carbocycles. The van der Waals surface area contributed by atoms with Crippen LogP contribution in [0.3, 0.4) is 0 Å². The predicted molar refractivity (Wildman–Crippen MR) is 104 cm³/mol. The van der Waals surface area contributed by atoms with E-state index in [0.717, 1.165) is 23.9 Å². The summed E-state index contributed by atoms with van der Waals surface area (Å²) in [6.07, 6.45) is 2.51. The van der Waals surface area contributed by atoms with Crippen LogP contribution in [0.5, 0.6) is 0 Å². The van der Waals surface area contributed by atoms with Gasteiger partial charge in [0.05, 0.1) is 24.3 Å². The number of fused-ring (bicyclic) bond motifs is 1. The van der Waals surface area contributed by atoms with Gasteiger partial charge >= 0.3 is 0 Å². The van der Waals surface area contributed by atoms with Gasteiger partial charge in [-0.05, 0) is 37.5 Å². The summed E-state index contributed by atoms with van der Waals surface area (Å²) < 4.78 is 11.9. The number of amides is 3. The standard InChI is InChI=1S/C20H23BrN2O5/c21-14-5-6-15-16(11-14)19(26)23(18(15)25)8-2-4-17(24)22-7-1-3-13(12-22)20-27-9-10-28-20/h5-6,11,13,20H,1-4,7-10,12H2. The summed E-state index contributed by atoms with van der Waals surface area (Å²) in [5.41, 5.74) is 0.844. The second-order valence-corrected chi connectivity index (χ2v) is 8.32. The first-order valence-electron chi connectivity index (χ1n) is 9.71. The zero-order valence-corrected chi connectivity index (χ0v) is 17.2. The molecule has 0 saturated carbocycles. The largest absolute Gasteiger partial charge is 0.350 e. The van der Waals surface area contributed by atoms with E-state index in [4.69, 9.17) is 9.47 Å². The first kappa shape index (κ1) is 19.5. The minimum Gasteiger partial charge on any atom is -0.350 e. The molecule has 2 fully saturated rings. The third kappa shape index (κ3) is 3.86. The number of carbonyl (C=O) groups excluding carboxylic acids is 3. The number of benzene rings is 1. The molecule has 0 bridgehead atoms. The van der Waals surface area contributed by atoms with Crippen molar-refractivity contribution in [2.24, 2.45) is 5.92 Å². The molecule has 1 unspecified atom stereocenters. The zero-order chi connectivity index (χ0) is 19.7. The van der Waals surface area contributed by atoms with Crippen molar-refractivity contribution in [1.82, 2.24) is 9.80 Å². The van der Waals surface area contributed by atoms with Gasteiger partial charge in [-0.3, -0.25) is 19.3 Å². The molecule has 0 aliphatic carbocycles. The average Bonchev–Trinajstić information content (AvgIpc) is 3.31. The van der Waals surface area contributed by atoms with Gasteiger partial charge in [-0.25, -0.2) is 0 Å². The highest BCUT2D eigenvalue weighted by Gasteiger charge is 2.36. The summed E-state index contributed by atoms with van der Waals surface area (Å²) in [4.78, 5) is 40.6. The third-order valence-electron chi connectivity index (χ3n) is 5.55. The van der Waals surface area contributed by atoms with Crippen LogP contribution in [0.15, 0.2) is 22.7 Å². The Hall–Kier alpha value is -1.77. The monoisotopic (exact) mass is 450 g/mol. The molecule has 2 saturated heterocycles. The quantitative estimate of drug-likeness (QED) is 0.643. The highest BCUT2D eigenvalue weighted by Crippen LogP contribution is 2.27. The Morgan fingerprint density at radius 1 is 1.14 bits per heavy atom. The van der Waals surface area contributed by atoms with Crippen LogP contribution in [0, 0.1) is 5.92 Å². The van der Waals surface area contributed by atoms with Gasteiger partial charge in [0.15, 0.2) is 6.29 Å². The number of hydrogen-bond acceptors (Lipinski definition) is 5. The fourth-order valence-electron chi connectivity index (χ4n) is 4.12. The van der Waals surface area contributed by atoms with Gasteiger partial charge in [0, 0.05) is 36.4 Å². The second kappa shape index (κ2) is 8.31. The van der Waals surface area contributed by atoms with E-state index in [1.807, 2.05) is 4.90 Å². The van der Waals surface area contributed by atoms with Crippen LogP contribution in [0.2, 0.25) is 0 Å². The summed E-state index contributed by atoms with van der Waals surface area (Å²) in [6.45, 7) is 2.87. The fraction of sp³-hybridized carbons (Fsp3) is 0.550. The number of hydrogen-bond donors (Lipinski definition) is 0. The predicted octanol–water partition coefficient (Wildman–Crippen LogP) is 2.44. The van der Waals surface area contributed by atoms with Crippen LogP contribution in [0.4, 0.5) is 0 Å². The van der Waals surface area contributed by atoms with Crippen molar-refractivity contribution in [3.63, 3.8) is 0 Å². The van der Waals surface area contributed by atoms with Crippen molar-refractivity contribution in [3.8, 4) is 0 Å². The van der Waals surface area contributed by atoms with Crippen molar-refractivity contribution in [2.45, 2.75) is 32.0 Å². The van der Waals surface area contributed by atoms with E-state index in [-0.39, 0.29) is 36.5 Å². The number of piperidine rings is 1. The Morgan fingerprint density at radius 3 is 2.68 bits per heavy atom. The van der Waals surface area contributed by atoms with Crippen molar-refractivity contribution in [2.75, 3.05) is 32.8 Å². The highest BCUT2D eigenvalue weighted by molar-refractivity contribution is 9.10. The van der Waals surface area contributed by atoms with E-state index in [1.54, 1.807) is 18.2 Å². The van der Waals surface area contributed by atoms with E-state index >= 15 is 0 Å². The smallest absolute Gasteiger partial charge is 0.261 e. The highest BCUT2D eigenvalue weighted by atomic mass is 79.9. The Labute approximate surface area is 172 Å². The summed E-state index contributed by atoms with van der Waals surface area (Å²) in [6, 6.07) is 5.08. The fourth-order valence-corrected chi connectivity index (χ4v) is 4.48. The Bertz CT molecular complexity index is 793. The lowest BCUT2D eigenvalue weighted by atomic mass is 9.97. The van der Waals surface area contributed by atoms with Gasteiger partial charge < -0.3 is 14.4 Å². The van der Waals surface area contributed by atoms with Gasteiger partial charge in [0.1, 0.15) is 0 Å². The molecular formula is C20H23BrN2O5. The van der Waals surface area contributed by atoms with E-state index in [9.17, 15) is 14.4 Å². The molecule has 0 radical (unpaired) electrons. The number of carbonyl (C=O) groups is 3. The van der Waals surface area contributed by atoms with E-state index in [2.05, 4.69) is 15.9 Å². The zero-order valence-electron chi connectivity index (χ0n) is 15.6. The van der Waals surface area contributed by atoms with Gasteiger partial charge in [-0.1, -0.05) is 15.9 Å². The third-order valence-corrected chi connectivity index (χ3v) is 6.04. The van der Waals surface area contributed by atoms with Crippen molar-refractivity contribution >= 4 is 33.7 Å². The molecule has 150 valence electrons. The summed E-state index contributed by atoms with van der Waals surface area (Å²) in [7, 11) is 0. The summed E-state index contributed by atoms with van der Waals surface area (Å²) in [5, 5.41) is 0. The summed E-state index contributed by atoms with van der Waals surface area (Å²) in [5.74, 6) is -0.298. The molecule has 0 N–H and O–H groups in total. The Morgan fingerprint density at radius 2 is 1.89 bits per heavy atom. The summed E-state index contributed by atoms with van der Waals surface area (Å²) >= 11 is 3.33. The maximum atomic E-state index is 12.6. The number of imide groups is 1. The molecule has 3 amide bonds. The number of likely N-dealkylation sites (tertiary alicyclic amines) is 1. The molecule has 7 nitrogen and oxygen atoms in total. The number of halogens is 1. The maximum Gasteiger partial charge on any atom is 0.261 e. The number of rotatable bonds is 5. The van der Waals surface area contributed by atoms with Crippen molar-refractivity contribution in [3.05, 3.63) is 33.8 Å². The van der Waals surface area contributed by atoms with Gasteiger partial charge in [0.25, 0.3) is 11.8 Å². The molecule has 8 heteroatoms. The lowest BCUT2D eigenvalue weighted by molar-refractivity contribution is -0.139. The van der Waals surface area contributed by atoms with E-state index < -0.39 is 0 Å². The minimum absolute atomic E-state index is 0.0575. The van der Waals surface area contributed by atoms with Crippen LogP contribution < -0.4 is 0 Å². The SMILES string of the molecule is O=C(CCCN1C(=O)c2ccc(Br)cc2C1=O)N1CCCC(C2OCCO2)C1. The minimum atomic E-state index is -0.290. The molecule has 1 atom stereocenters. The number of nitrogens with zero attached hydrogens (tertiary/aromatic N) is 2. The molecule has 3 aliphatic heterocycles. The van der Waals surface area contributed by atoms with Crippen LogP contribution >= 0.6 is 15.9 Å². The normalized spacial score (nSPS) is 22.8. The topological polar surface area (TPSA) is 76.2 Å². The molecular weight excluding hydrogens is 428 g/mol. The molecule has 3 heterocycles. The second-order valence-electron chi connectivity index (χ2n) is 7.41. The molecule has 1 aromatic rings. The van der Waals surface area contributed by atoms with Crippen molar-refractivity contribution in [1.29, 1.82) is 0 Å². The number of ether oxygens (including phenoxy) is 2. The van der Waals surface area contributed by atoms with Gasteiger partial charge in [-0.2, -0.15) is 0 Å². The lowest BCUT2D eigenvalue weighted by Gasteiger charge is -2.34. The van der Waals surface area contributed by atoms with Crippen LogP contribution in [-0.4, -0.2) is 66.7 Å². The molecule has 0 spiro atoms. The van der Waals surface area contributed by atoms with E-state index in [1.165, 1.54) is 4.90 Å². The van der Waals surface area contributed by atoms with Crippen LogP contribution in [0.1, 0.15) is 46.4 Å². The Kier molecular flexibility index (Phi) is 5.80. The first-order chi connectivity index (χ1) is 13.5. The van der Waals surface area contributed by atoms with E-state index in [0.29, 0.717) is 43.7 Å². The average molecular weight is 451 g/mol. The van der Waals surface area contributed by atoms with Crippen LogP contribution in [-0.2, 0) is 14.3 Å². The van der Waals surface area contributed by atoms with Gasteiger partial charge in [-0.15, -0.1) is 0 Å². The molecule has 28 heavy (non-hydrogen) atoms. The Balaban J connectivity index is 1.28. The maximum absolute atomic E-state index is 12.6. The lowest BCUT2D eigenvalue weighted by Crippen LogP contribution is -2.44. The van der Waals surface area contributed by atoms with Crippen LogP contribution in [0.25, 0.3) is 0 Å². The first-order valence-corrected chi connectivity index (χ1v) is 10.5. The van der Waals surface area contributed by atoms with Gasteiger partial charge in [0.2, 0.25) is 5.91 Å². The molecule has 0 aromatic heterocycles. The van der Waals surface area contributed by atoms with Crippen molar-refractivity contribution < 1.29 is 23.9 Å². The molecule has 3 aliphatic rings. The molecule has 4 rings (SSSR count).